The molecule has 0 spiro atoms. The number of nitrogens with one attached hydrogen (secondary N) is 2. The van der Waals surface area contributed by atoms with Crippen LogP contribution in [0, 0.1) is 0 Å². The Hall–Kier alpha value is -3.60. The van der Waals surface area contributed by atoms with Gasteiger partial charge in [-0.1, -0.05) is 0 Å². The van der Waals surface area contributed by atoms with Crippen LogP contribution in [-0.2, 0) is 14.3 Å². The molecule has 2 aromatic rings. The maximum absolute atomic E-state index is 12.1. The molecule has 2 rings (SSSR count). The molecule has 10 nitrogen and oxygen atoms in total. The van der Waals surface area contributed by atoms with Crippen LogP contribution < -0.4 is 25.0 Å². The van der Waals surface area contributed by atoms with E-state index in [0.717, 1.165) is 0 Å². The van der Waals surface area contributed by atoms with Gasteiger partial charge in [0.2, 0.25) is 5.91 Å². The lowest BCUT2D eigenvalue weighted by Gasteiger charge is -2.12. The molecule has 0 aliphatic carbocycles. The van der Waals surface area contributed by atoms with E-state index in [2.05, 4.69) is 36.5 Å². The second-order valence-corrected chi connectivity index (χ2v) is 7.28. The molecule has 0 heterocycles. The van der Waals surface area contributed by atoms with Gasteiger partial charge < -0.3 is 24.3 Å². The molecule has 0 bridgehead atoms. The van der Waals surface area contributed by atoms with E-state index >= 15 is 0 Å². The van der Waals surface area contributed by atoms with E-state index in [1.807, 2.05) is 0 Å². The molecular weight excluding hydrogens is 498 g/mol. The molecule has 33 heavy (non-hydrogen) atoms. The van der Waals surface area contributed by atoms with Crippen LogP contribution in [-0.4, -0.2) is 58.5 Å². The first-order chi connectivity index (χ1) is 15.9. The number of carbonyl (C=O) groups is 3. The average molecular weight is 522 g/mol. The molecule has 2 N–H and O–H groups in total. The number of esters is 1. The van der Waals surface area contributed by atoms with Crippen LogP contribution in [0.2, 0.25) is 0 Å². The number of benzene rings is 2. The van der Waals surface area contributed by atoms with Crippen LogP contribution >= 0.6 is 15.9 Å². The molecule has 11 heteroatoms. The number of carbonyl (C=O) groups excluding carboxylic acids is 3. The lowest BCUT2D eigenvalue weighted by atomic mass is 10.2. The Labute approximate surface area is 199 Å². The van der Waals surface area contributed by atoms with Crippen molar-refractivity contribution in [2.24, 2.45) is 5.10 Å². The van der Waals surface area contributed by atoms with Gasteiger partial charge in [0, 0.05) is 18.5 Å². The zero-order valence-corrected chi connectivity index (χ0v) is 19.9. The molecule has 0 fully saturated rings. The van der Waals surface area contributed by atoms with Gasteiger partial charge in [-0.2, -0.15) is 5.10 Å². The van der Waals surface area contributed by atoms with Crippen LogP contribution in [0.15, 0.2) is 46.0 Å². The van der Waals surface area contributed by atoms with Crippen LogP contribution in [0.25, 0.3) is 0 Å². The highest BCUT2D eigenvalue weighted by atomic mass is 79.9. The number of rotatable bonds is 11. The van der Waals surface area contributed by atoms with Gasteiger partial charge in [-0.15, -0.1) is 0 Å². The molecule has 0 saturated heterocycles. The molecule has 0 unspecified atom stereocenters. The molecular formula is C22H24BrN3O7. The van der Waals surface area contributed by atoms with Gasteiger partial charge in [-0.25, -0.2) is 10.2 Å². The highest BCUT2D eigenvalue weighted by molar-refractivity contribution is 9.10. The van der Waals surface area contributed by atoms with Crippen molar-refractivity contribution in [1.82, 2.24) is 10.7 Å². The minimum atomic E-state index is -0.530. The normalized spacial score (nSPS) is 10.4. The highest BCUT2D eigenvalue weighted by Gasteiger charge is 2.13. The number of methoxy groups -OCH3 is 3. The second kappa shape index (κ2) is 13.1. The van der Waals surface area contributed by atoms with E-state index < -0.39 is 5.97 Å². The van der Waals surface area contributed by atoms with Crippen molar-refractivity contribution in [1.29, 1.82) is 0 Å². The van der Waals surface area contributed by atoms with Crippen LogP contribution in [0.5, 0.6) is 17.2 Å². The smallest absolute Gasteiger partial charge is 0.343 e. The fraction of sp³-hybridized carbons (Fsp3) is 0.273. The maximum Gasteiger partial charge on any atom is 0.343 e. The quantitative estimate of drug-likeness (QED) is 0.264. The summed E-state index contributed by atoms with van der Waals surface area (Å²) in [5.74, 6) is 0.152. The Kier molecular flexibility index (Phi) is 10.2. The Balaban J connectivity index is 1.84. The fourth-order valence-corrected chi connectivity index (χ4v) is 3.09. The van der Waals surface area contributed by atoms with E-state index in [-0.39, 0.29) is 31.4 Å². The summed E-state index contributed by atoms with van der Waals surface area (Å²) in [6.07, 6.45) is 1.47. The van der Waals surface area contributed by atoms with Crippen LogP contribution in [0.3, 0.4) is 0 Å². The molecule has 0 aromatic heterocycles. The van der Waals surface area contributed by atoms with Crippen LogP contribution in [0.4, 0.5) is 0 Å². The number of nitrogens with zero attached hydrogens (tertiary/aromatic N) is 1. The van der Waals surface area contributed by atoms with Crippen molar-refractivity contribution in [3.05, 3.63) is 52.0 Å². The molecule has 176 valence electrons. The summed E-state index contributed by atoms with van der Waals surface area (Å²) in [6, 6.07) is 9.94. The molecule has 0 radical (unpaired) electrons. The second-order valence-electron chi connectivity index (χ2n) is 6.43. The summed E-state index contributed by atoms with van der Waals surface area (Å²) < 4.78 is 20.8. The first-order valence-electron chi connectivity index (χ1n) is 9.69. The predicted octanol–water partition coefficient (Wildman–Crippen LogP) is 2.29. The van der Waals surface area contributed by atoms with Crippen molar-refractivity contribution < 1.29 is 33.3 Å². The van der Waals surface area contributed by atoms with Gasteiger partial charge in [0.25, 0.3) is 5.91 Å². The lowest BCUT2D eigenvalue weighted by molar-refractivity contribution is -0.143. The van der Waals surface area contributed by atoms with E-state index in [9.17, 15) is 14.4 Å². The van der Waals surface area contributed by atoms with Crippen molar-refractivity contribution in [2.75, 3.05) is 34.5 Å². The van der Waals surface area contributed by atoms with Crippen molar-refractivity contribution in [3.63, 3.8) is 0 Å². The van der Waals surface area contributed by atoms with Crippen LogP contribution in [0.1, 0.15) is 22.3 Å². The summed E-state index contributed by atoms with van der Waals surface area (Å²) in [5.41, 5.74) is 3.47. The topological polar surface area (TPSA) is 125 Å². The zero-order valence-electron chi connectivity index (χ0n) is 18.3. The standard InChI is InChI=1S/C22H24BrN3O7/c1-30-16-6-4-15(5-7-16)22(29)24-9-8-19(27)26-25-12-14-10-17(23)21(18(11-14)31-2)33-13-20(28)32-3/h4-7,10-12H,8-9,13H2,1-3H3,(H,24,29)(H,26,27). The van der Waals surface area contributed by atoms with Gasteiger partial charge >= 0.3 is 5.97 Å². The van der Waals surface area contributed by atoms with E-state index in [4.69, 9.17) is 14.2 Å². The molecule has 2 aromatic carbocycles. The van der Waals surface area contributed by atoms with Crippen molar-refractivity contribution in [3.8, 4) is 17.2 Å². The van der Waals surface area contributed by atoms with Gasteiger partial charge in [-0.05, 0) is 57.9 Å². The Morgan fingerprint density at radius 1 is 1.06 bits per heavy atom. The molecule has 0 saturated carbocycles. The number of hydrogen-bond acceptors (Lipinski definition) is 8. The minimum absolute atomic E-state index is 0.0482. The van der Waals surface area contributed by atoms with E-state index in [0.29, 0.717) is 32.8 Å². The predicted molar refractivity (Wildman–Crippen MR) is 124 cm³/mol. The summed E-state index contributed by atoms with van der Waals surface area (Å²) in [7, 11) is 4.26. The minimum Gasteiger partial charge on any atom is -0.497 e. The Morgan fingerprint density at radius 2 is 1.79 bits per heavy atom. The summed E-state index contributed by atoms with van der Waals surface area (Å²) in [6.45, 7) is -0.123. The number of amides is 2. The van der Waals surface area contributed by atoms with Gasteiger partial charge in [0.1, 0.15) is 5.75 Å². The largest absolute Gasteiger partial charge is 0.497 e. The highest BCUT2D eigenvalue weighted by Crippen LogP contribution is 2.36. The molecule has 2 amide bonds. The summed E-state index contributed by atoms with van der Waals surface area (Å²) >= 11 is 3.35. The molecule has 0 aliphatic rings. The zero-order chi connectivity index (χ0) is 24.2. The molecule has 0 aliphatic heterocycles. The van der Waals surface area contributed by atoms with Crippen molar-refractivity contribution in [2.45, 2.75) is 6.42 Å². The first kappa shape index (κ1) is 25.7. The summed E-state index contributed by atoms with van der Waals surface area (Å²) in [4.78, 5) is 35.3. The van der Waals surface area contributed by atoms with Crippen molar-refractivity contribution >= 4 is 39.9 Å². The van der Waals surface area contributed by atoms with Gasteiger partial charge in [-0.3, -0.25) is 9.59 Å². The molecule has 0 atom stereocenters. The lowest BCUT2D eigenvalue weighted by Crippen LogP contribution is -2.29. The SMILES string of the molecule is COC(=O)COc1c(Br)cc(C=NNC(=O)CCNC(=O)c2ccc(OC)cc2)cc1OC. The van der Waals surface area contributed by atoms with E-state index in [1.165, 1.54) is 20.4 Å². The fourth-order valence-electron chi connectivity index (χ4n) is 2.51. The third-order valence-electron chi connectivity index (χ3n) is 4.21. The monoisotopic (exact) mass is 521 g/mol. The maximum atomic E-state index is 12.1. The third kappa shape index (κ3) is 8.11. The van der Waals surface area contributed by atoms with Gasteiger partial charge in [0.05, 0.1) is 32.0 Å². The number of ether oxygens (including phenoxy) is 4. The van der Waals surface area contributed by atoms with E-state index in [1.54, 1.807) is 43.5 Å². The number of hydrogen-bond donors (Lipinski definition) is 2. The average Bonchev–Trinajstić information content (AvgIpc) is 2.82. The number of hydrazone groups is 1. The first-order valence-corrected chi connectivity index (χ1v) is 10.5. The van der Waals surface area contributed by atoms with Gasteiger partial charge in [0.15, 0.2) is 18.1 Å². The number of halogens is 1. The summed E-state index contributed by atoms with van der Waals surface area (Å²) in [5, 5.41) is 6.57. The third-order valence-corrected chi connectivity index (χ3v) is 4.80. The Bertz CT molecular complexity index is 1010. The Morgan fingerprint density at radius 3 is 2.42 bits per heavy atom.